The Labute approximate surface area is 156 Å². The fourth-order valence-corrected chi connectivity index (χ4v) is 3.36. The molecular formula is C18H22ClN3O2S. The van der Waals surface area contributed by atoms with E-state index in [0.717, 1.165) is 19.3 Å². The first-order valence-electron chi connectivity index (χ1n) is 8.27. The number of carbonyl (C=O) groups excluding carboxylic acids is 1. The van der Waals surface area contributed by atoms with Crippen LogP contribution in [0.1, 0.15) is 26.2 Å². The van der Waals surface area contributed by atoms with Crippen molar-refractivity contribution < 1.29 is 4.79 Å². The molecule has 0 spiro atoms. The molecule has 2 aromatic rings. The first-order valence-corrected chi connectivity index (χ1v) is 9.63. The van der Waals surface area contributed by atoms with E-state index in [9.17, 15) is 9.59 Å². The Balaban J connectivity index is 2.18. The van der Waals surface area contributed by atoms with E-state index in [0.29, 0.717) is 34.2 Å². The molecule has 0 saturated carbocycles. The Morgan fingerprint density at radius 3 is 2.96 bits per heavy atom. The maximum Gasteiger partial charge on any atom is 0.262 e. The van der Waals surface area contributed by atoms with Gasteiger partial charge in [-0.05, 0) is 24.6 Å². The number of hydrogen-bond donors (Lipinski definition) is 1. The molecule has 0 aliphatic rings. The van der Waals surface area contributed by atoms with Crippen molar-refractivity contribution in [3.05, 3.63) is 46.2 Å². The highest BCUT2D eigenvalue weighted by Gasteiger charge is 2.13. The number of aromatic nitrogens is 2. The van der Waals surface area contributed by atoms with E-state index in [-0.39, 0.29) is 17.2 Å². The monoisotopic (exact) mass is 379 g/mol. The average molecular weight is 380 g/mol. The Morgan fingerprint density at radius 2 is 2.24 bits per heavy atom. The molecule has 1 aromatic heterocycles. The maximum absolute atomic E-state index is 12.7. The SMILES string of the molecule is C=CCn1c(SCC(=O)NCCCCC)nc2cc(Cl)ccc2c1=O. The lowest BCUT2D eigenvalue weighted by molar-refractivity contribution is -0.118. The number of thioether (sulfide) groups is 1. The number of amides is 1. The molecule has 1 N–H and O–H groups in total. The van der Waals surface area contributed by atoms with Gasteiger partial charge in [-0.2, -0.15) is 0 Å². The summed E-state index contributed by atoms with van der Waals surface area (Å²) in [6.45, 7) is 6.82. The molecule has 0 radical (unpaired) electrons. The number of hydrogen-bond acceptors (Lipinski definition) is 4. The van der Waals surface area contributed by atoms with Gasteiger partial charge in [0.05, 0.1) is 16.7 Å². The zero-order valence-electron chi connectivity index (χ0n) is 14.3. The zero-order valence-corrected chi connectivity index (χ0v) is 15.8. The number of nitrogens with one attached hydrogen (secondary N) is 1. The Kier molecular flexibility index (Phi) is 7.52. The summed E-state index contributed by atoms with van der Waals surface area (Å²) in [5, 5.41) is 4.39. The summed E-state index contributed by atoms with van der Waals surface area (Å²) in [7, 11) is 0. The van der Waals surface area contributed by atoms with Gasteiger partial charge in [-0.15, -0.1) is 6.58 Å². The van der Waals surface area contributed by atoms with Crippen molar-refractivity contribution in [1.82, 2.24) is 14.9 Å². The van der Waals surface area contributed by atoms with Crippen LogP contribution in [0.15, 0.2) is 40.8 Å². The van der Waals surface area contributed by atoms with Crippen LogP contribution in [0.3, 0.4) is 0 Å². The van der Waals surface area contributed by atoms with Gasteiger partial charge in [0.1, 0.15) is 0 Å². The van der Waals surface area contributed by atoms with Crippen LogP contribution in [0.5, 0.6) is 0 Å². The lowest BCUT2D eigenvalue weighted by Crippen LogP contribution is -2.27. The molecular weight excluding hydrogens is 358 g/mol. The zero-order chi connectivity index (χ0) is 18.2. The molecule has 7 heteroatoms. The molecule has 1 heterocycles. The molecule has 0 unspecified atom stereocenters. The standard InChI is InChI=1S/C18H22ClN3O2S/c1-3-5-6-9-20-16(23)12-25-18-21-15-11-13(19)7-8-14(15)17(24)22(18)10-4-2/h4,7-8,11H,2-3,5-6,9-10,12H2,1H3,(H,20,23). The van der Waals surface area contributed by atoms with Gasteiger partial charge in [0, 0.05) is 18.1 Å². The molecule has 1 amide bonds. The number of rotatable bonds is 9. The summed E-state index contributed by atoms with van der Waals surface area (Å²) in [6.07, 6.45) is 4.82. The lowest BCUT2D eigenvalue weighted by Gasteiger charge is -2.11. The second-order valence-electron chi connectivity index (χ2n) is 5.61. The number of benzene rings is 1. The third kappa shape index (κ3) is 5.34. The van der Waals surface area contributed by atoms with Gasteiger partial charge in [0.15, 0.2) is 5.16 Å². The second-order valence-corrected chi connectivity index (χ2v) is 6.98. The predicted molar refractivity (Wildman–Crippen MR) is 104 cm³/mol. The average Bonchev–Trinajstić information content (AvgIpc) is 2.59. The van der Waals surface area contributed by atoms with Crippen molar-refractivity contribution in [1.29, 1.82) is 0 Å². The van der Waals surface area contributed by atoms with Crippen molar-refractivity contribution in [3.63, 3.8) is 0 Å². The highest BCUT2D eigenvalue weighted by atomic mass is 35.5. The van der Waals surface area contributed by atoms with Crippen LogP contribution in [0.4, 0.5) is 0 Å². The number of fused-ring (bicyclic) bond motifs is 1. The van der Waals surface area contributed by atoms with Crippen LogP contribution < -0.4 is 10.9 Å². The van der Waals surface area contributed by atoms with Crippen LogP contribution >= 0.6 is 23.4 Å². The fourth-order valence-electron chi connectivity index (χ4n) is 2.36. The third-order valence-corrected chi connectivity index (χ3v) is 4.84. The molecule has 0 aliphatic heterocycles. The molecule has 0 saturated heterocycles. The second kappa shape index (κ2) is 9.63. The van der Waals surface area contributed by atoms with Crippen LogP contribution in [-0.2, 0) is 11.3 Å². The summed E-state index contributed by atoms with van der Waals surface area (Å²) >= 11 is 7.24. The van der Waals surface area contributed by atoms with E-state index in [4.69, 9.17) is 11.6 Å². The molecule has 1 aromatic carbocycles. The van der Waals surface area contributed by atoms with E-state index in [1.807, 2.05) is 0 Å². The number of halogens is 1. The van der Waals surface area contributed by atoms with Crippen LogP contribution in [0.2, 0.25) is 5.02 Å². The summed E-state index contributed by atoms with van der Waals surface area (Å²) < 4.78 is 1.53. The van der Waals surface area contributed by atoms with Gasteiger partial charge >= 0.3 is 0 Å². The van der Waals surface area contributed by atoms with E-state index in [1.165, 1.54) is 16.3 Å². The number of nitrogens with zero attached hydrogens (tertiary/aromatic N) is 2. The first-order chi connectivity index (χ1) is 12.1. The van der Waals surface area contributed by atoms with Gasteiger partial charge in [-0.3, -0.25) is 14.2 Å². The summed E-state index contributed by atoms with van der Waals surface area (Å²) in [6, 6.07) is 4.99. The van der Waals surface area contributed by atoms with E-state index in [1.54, 1.807) is 24.3 Å². The van der Waals surface area contributed by atoms with Gasteiger partial charge in [-0.25, -0.2) is 4.98 Å². The van der Waals surface area contributed by atoms with Crippen molar-refractivity contribution in [3.8, 4) is 0 Å². The minimum absolute atomic E-state index is 0.0632. The highest BCUT2D eigenvalue weighted by molar-refractivity contribution is 7.99. The van der Waals surface area contributed by atoms with Crippen molar-refractivity contribution in [2.45, 2.75) is 37.9 Å². The molecule has 134 valence electrons. The largest absolute Gasteiger partial charge is 0.355 e. The van der Waals surface area contributed by atoms with Crippen LogP contribution in [0.25, 0.3) is 10.9 Å². The summed E-state index contributed by atoms with van der Waals surface area (Å²) in [5.41, 5.74) is 0.371. The fraction of sp³-hybridized carbons (Fsp3) is 0.389. The van der Waals surface area contributed by atoms with Gasteiger partial charge in [0.2, 0.25) is 5.91 Å². The number of carbonyl (C=O) groups is 1. The highest BCUT2D eigenvalue weighted by Crippen LogP contribution is 2.20. The Morgan fingerprint density at radius 1 is 1.44 bits per heavy atom. The topological polar surface area (TPSA) is 64.0 Å². The molecule has 2 rings (SSSR count). The van der Waals surface area contributed by atoms with Crippen LogP contribution in [0, 0.1) is 0 Å². The molecule has 0 bridgehead atoms. The van der Waals surface area contributed by atoms with E-state index >= 15 is 0 Å². The molecule has 0 fully saturated rings. The number of unbranched alkanes of at least 4 members (excludes halogenated alkanes) is 2. The first kappa shape index (κ1) is 19.5. The van der Waals surface area contributed by atoms with Gasteiger partial charge in [-0.1, -0.05) is 49.2 Å². The molecule has 25 heavy (non-hydrogen) atoms. The molecule has 0 aliphatic carbocycles. The van der Waals surface area contributed by atoms with Crippen molar-refractivity contribution in [2.24, 2.45) is 0 Å². The van der Waals surface area contributed by atoms with Crippen molar-refractivity contribution in [2.75, 3.05) is 12.3 Å². The van der Waals surface area contributed by atoms with Crippen LogP contribution in [-0.4, -0.2) is 27.8 Å². The van der Waals surface area contributed by atoms with E-state index < -0.39 is 0 Å². The Bertz CT molecular complexity index is 820. The maximum atomic E-state index is 12.7. The van der Waals surface area contributed by atoms with Gasteiger partial charge < -0.3 is 5.32 Å². The quantitative estimate of drug-likeness (QED) is 0.313. The minimum atomic E-state index is -0.160. The minimum Gasteiger partial charge on any atom is -0.355 e. The summed E-state index contributed by atoms with van der Waals surface area (Å²) in [4.78, 5) is 29.1. The Hall–Kier alpha value is -1.79. The smallest absolute Gasteiger partial charge is 0.262 e. The predicted octanol–water partition coefficient (Wildman–Crippen LogP) is 3.63. The lowest BCUT2D eigenvalue weighted by atomic mass is 10.2. The normalized spacial score (nSPS) is 10.8. The third-order valence-electron chi connectivity index (χ3n) is 3.63. The summed E-state index contributed by atoms with van der Waals surface area (Å²) in [5.74, 6) is 0.147. The van der Waals surface area contributed by atoms with E-state index in [2.05, 4.69) is 23.8 Å². The number of allylic oxidation sites excluding steroid dienone is 1. The van der Waals surface area contributed by atoms with Crippen molar-refractivity contribution >= 4 is 40.2 Å². The van der Waals surface area contributed by atoms with Gasteiger partial charge in [0.25, 0.3) is 5.56 Å². The molecule has 0 atom stereocenters. The molecule has 5 nitrogen and oxygen atoms in total.